The molecule has 0 aromatic heterocycles. The summed E-state index contributed by atoms with van der Waals surface area (Å²) >= 11 is 0. The number of hydrogen-bond donors (Lipinski definition) is 1. The van der Waals surface area contributed by atoms with Gasteiger partial charge in [-0.15, -0.1) is 0 Å². The monoisotopic (exact) mass is 218 g/mol. The van der Waals surface area contributed by atoms with Crippen LogP contribution in [0.2, 0.25) is 0 Å². The van der Waals surface area contributed by atoms with E-state index in [1.165, 1.54) is 0 Å². The fourth-order valence-electron chi connectivity index (χ4n) is 2.57. The molecule has 0 aromatic rings. The van der Waals surface area contributed by atoms with E-state index >= 15 is 0 Å². The van der Waals surface area contributed by atoms with Crippen molar-refractivity contribution in [2.75, 3.05) is 0 Å². The molecule has 0 amide bonds. The van der Waals surface area contributed by atoms with Gasteiger partial charge < -0.3 is 9.84 Å². The van der Waals surface area contributed by atoms with Gasteiger partial charge in [-0.2, -0.15) is 0 Å². The summed E-state index contributed by atoms with van der Waals surface area (Å²) < 4.78 is 30.7. The zero-order valence-electron chi connectivity index (χ0n) is 8.19. The molecule has 2 aliphatic carbocycles. The van der Waals surface area contributed by atoms with Gasteiger partial charge in [0.25, 0.3) is 6.43 Å². The average molecular weight is 218 g/mol. The molecule has 2 aliphatic rings. The lowest BCUT2D eigenvalue weighted by atomic mass is 9.86. The third kappa shape index (κ3) is 1.29. The van der Waals surface area contributed by atoms with E-state index in [0.717, 1.165) is 6.92 Å². The maximum absolute atomic E-state index is 13.0. The number of esters is 1. The number of aliphatic hydroxyl groups excluding tert-OH is 1. The molecule has 1 fully saturated rings. The number of carbonyl (C=O) groups excluding carboxylic acids is 1. The van der Waals surface area contributed by atoms with Crippen LogP contribution in [0, 0.1) is 11.8 Å². The van der Waals surface area contributed by atoms with Crippen molar-refractivity contribution in [1.82, 2.24) is 0 Å². The van der Waals surface area contributed by atoms with Crippen LogP contribution in [0.1, 0.15) is 13.3 Å². The Labute approximate surface area is 85.7 Å². The lowest BCUT2D eigenvalue weighted by Crippen LogP contribution is -2.54. The Morgan fingerprint density at radius 2 is 2.27 bits per heavy atom. The predicted octanol–water partition coefficient (Wildman–Crippen LogP) is 1.12. The molecular formula is C10H12F2O3. The van der Waals surface area contributed by atoms with Crippen LogP contribution in [-0.4, -0.2) is 29.2 Å². The van der Waals surface area contributed by atoms with E-state index < -0.39 is 30.0 Å². The summed E-state index contributed by atoms with van der Waals surface area (Å²) in [7, 11) is 0. The van der Waals surface area contributed by atoms with E-state index in [0.29, 0.717) is 6.42 Å². The number of alkyl halides is 2. The van der Waals surface area contributed by atoms with Crippen LogP contribution in [-0.2, 0) is 9.53 Å². The largest absolute Gasteiger partial charge is 0.450 e. The van der Waals surface area contributed by atoms with Gasteiger partial charge in [0.2, 0.25) is 5.60 Å². The van der Waals surface area contributed by atoms with E-state index in [9.17, 15) is 18.7 Å². The first-order valence-electron chi connectivity index (χ1n) is 4.82. The highest BCUT2D eigenvalue weighted by Gasteiger charge is 2.63. The molecular weight excluding hydrogens is 206 g/mol. The van der Waals surface area contributed by atoms with E-state index in [4.69, 9.17) is 4.74 Å². The number of carbonyl (C=O) groups is 1. The molecule has 1 saturated carbocycles. The molecule has 0 spiro atoms. The highest BCUT2D eigenvalue weighted by molar-refractivity contribution is 5.67. The highest BCUT2D eigenvalue weighted by Crippen LogP contribution is 2.51. The number of ether oxygens (including phenoxy) is 1. The number of fused-ring (bicyclic) bond motifs is 2. The number of aliphatic hydroxyl groups is 1. The zero-order chi connectivity index (χ0) is 11.2. The normalized spacial score (nSPS) is 42.6. The molecule has 5 heteroatoms. The first-order valence-corrected chi connectivity index (χ1v) is 4.82. The average Bonchev–Trinajstić information content (AvgIpc) is 2.67. The minimum Gasteiger partial charge on any atom is -0.450 e. The molecule has 3 nitrogen and oxygen atoms in total. The molecule has 0 aromatic carbocycles. The Hall–Kier alpha value is -0.970. The Kier molecular flexibility index (Phi) is 2.30. The Morgan fingerprint density at radius 3 is 2.67 bits per heavy atom. The molecule has 4 atom stereocenters. The second-order valence-corrected chi connectivity index (χ2v) is 4.08. The van der Waals surface area contributed by atoms with Gasteiger partial charge in [-0.05, 0) is 6.42 Å². The maximum Gasteiger partial charge on any atom is 0.303 e. The van der Waals surface area contributed by atoms with Crippen molar-refractivity contribution < 1.29 is 23.4 Å². The van der Waals surface area contributed by atoms with E-state index in [2.05, 4.69) is 0 Å². The van der Waals surface area contributed by atoms with Gasteiger partial charge in [-0.3, -0.25) is 4.79 Å². The minimum atomic E-state index is -2.86. The first-order chi connectivity index (χ1) is 6.98. The summed E-state index contributed by atoms with van der Waals surface area (Å²) in [5, 5.41) is 9.74. The van der Waals surface area contributed by atoms with Crippen molar-refractivity contribution in [2.24, 2.45) is 11.8 Å². The third-order valence-corrected chi connectivity index (χ3v) is 3.23. The number of hydrogen-bond acceptors (Lipinski definition) is 3. The molecule has 84 valence electrons. The Morgan fingerprint density at radius 1 is 1.60 bits per heavy atom. The van der Waals surface area contributed by atoms with Crippen LogP contribution in [0.4, 0.5) is 8.78 Å². The van der Waals surface area contributed by atoms with Crippen molar-refractivity contribution >= 4 is 5.97 Å². The first kappa shape index (κ1) is 10.5. The lowest BCUT2D eigenvalue weighted by molar-refractivity contribution is -0.206. The standard InChI is InChI=1S/C10H12F2O3/c1-5(13)15-10(9(11)12)7-3-2-6(4-7)8(10)14/h2-3,6-9,14H,4H2,1H3. The molecule has 1 N–H and O–H groups in total. The van der Waals surface area contributed by atoms with Gasteiger partial charge in [0.1, 0.15) is 6.10 Å². The summed E-state index contributed by atoms with van der Waals surface area (Å²) in [4.78, 5) is 10.8. The Bertz CT molecular complexity index is 316. The molecule has 2 rings (SSSR count). The van der Waals surface area contributed by atoms with Gasteiger partial charge in [-0.1, -0.05) is 12.2 Å². The van der Waals surface area contributed by atoms with E-state index in [1.54, 1.807) is 12.2 Å². The summed E-state index contributed by atoms with van der Waals surface area (Å²) in [6, 6.07) is 0. The van der Waals surface area contributed by atoms with Crippen LogP contribution in [0.5, 0.6) is 0 Å². The summed E-state index contributed by atoms with van der Waals surface area (Å²) in [5.41, 5.74) is -2.02. The quantitative estimate of drug-likeness (QED) is 0.558. The molecule has 0 heterocycles. The van der Waals surface area contributed by atoms with Crippen molar-refractivity contribution in [3.63, 3.8) is 0 Å². The van der Waals surface area contributed by atoms with E-state index in [1.807, 2.05) is 0 Å². The smallest absolute Gasteiger partial charge is 0.303 e. The topological polar surface area (TPSA) is 46.5 Å². The minimum absolute atomic E-state index is 0.316. The van der Waals surface area contributed by atoms with Crippen molar-refractivity contribution in [1.29, 1.82) is 0 Å². The van der Waals surface area contributed by atoms with Crippen molar-refractivity contribution in [3.05, 3.63) is 12.2 Å². The second-order valence-electron chi connectivity index (χ2n) is 4.08. The summed E-state index contributed by atoms with van der Waals surface area (Å²) in [5.74, 6) is -1.67. The lowest BCUT2D eigenvalue weighted by Gasteiger charge is -2.37. The molecule has 0 aliphatic heterocycles. The molecule has 4 unspecified atom stereocenters. The summed E-state index contributed by atoms with van der Waals surface area (Å²) in [6.45, 7) is 1.08. The molecule has 2 bridgehead atoms. The second kappa shape index (κ2) is 3.27. The number of halogens is 2. The summed E-state index contributed by atoms with van der Waals surface area (Å²) in [6.07, 6.45) is -0.419. The fourth-order valence-corrected chi connectivity index (χ4v) is 2.57. The third-order valence-electron chi connectivity index (χ3n) is 3.23. The number of rotatable bonds is 2. The molecule has 0 radical (unpaired) electrons. The van der Waals surface area contributed by atoms with Crippen LogP contribution >= 0.6 is 0 Å². The maximum atomic E-state index is 13.0. The van der Waals surface area contributed by atoms with Gasteiger partial charge >= 0.3 is 5.97 Å². The SMILES string of the molecule is CC(=O)OC1(C(F)F)C2C=CC(C2)C1O. The fraction of sp³-hybridized carbons (Fsp3) is 0.700. The van der Waals surface area contributed by atoms with Crippen LogP contribution in [0.25, 0.3) is 0 Å². The highest BCUT2D eigenvalue weighted by atomic mass is 19.3. The van der Waals surface area contributed by atoms with Crippen LogP contribution in [0.15, 0.2) is 12.2 Å². The van der Waals surface area contributed by atoms with Gasteiger partial charge in [-0.25, -0.2) is 8.78 Å². The molecule has 0 saturated heterocycles. The van der Waals surface area contributed by atoms with Crippen molar-refractivity contribution in [2.45, 2.75) is 31.5 Å². The Balaban J connectivity index is 2.35. The van der Waals surface area contributed by atoms with Crippen LogP contribution < -0.4 is 0 Å². The van der Waals surface area contributed by atoms with Gasteiger partial charge in [0, 0.05) is 18.8 Å². The van der Waals surface area contributed by atoms with Crippen LogP contribution in [0.3, 0.4) is 0 Å². The van der Waals surface area contributed by atoms with E-state index in [-0.39, 0.29) is 5.92 Å². The predicted molar refractivity (Wildman–Crippen MR) is 47.2 cm³/mol. The van der Waals surface area contributed by atoms with Gasteiger partial charge in [0.15, 0.2) is 0 Å². The molecule has 15 heavy (non-hydrogen) atoms. The zero-order valence-corrected chi connectivity index (χ0v) is 8.19. The van der Waals surface area contributed by atoms with Gasteiger partial charge in [0.05, 0.1) is 0 Å². The van der Waals surface area contributed by atoms with Crippen molar-refractivity contribution in [3.8, 4) is 0 Å².